The van der Waals surface area contributed by atoms with Gasteiger partial charge in [-0.05, 0) is 36.2 Å². The molecule has 4 rings (SSSR count). The fourth-order valence-electron chi connectivity index (χ4n) is 4.05. The smallest absolute Gasteiger partial charge is 0.252 e. The number of amides is 1. The van der Waals surface area contributed by atoms with Gasteiger partial charge in [0.1, 0.15) is 11.5 Å². The number of rotatable bonds is 8. The number of hydrogen-bond donors (Lipinski definition) is 1. The highest BCUT2D eigenvalue weighted by Crippen LogP contribution is 2.25. The van der Waals surface area contributed by atoms with E-state index in [1.807, 2.05) is 54.0 Å². The summed E-state index contributed by atoms with van der Waals surface area (Å²) >= 11 is 6.03. The van der Waals surface area contributed by atoms with Gasteiger partial charge in [0.25, 0.3) is 5.91 Å². The highest BCUT2D eigenvalue weighted by molar-refractivity contribution is 6.30. The molecule has 3 aromatic rings. The van der Waals surface area contributed by atoms with Gasteiger partial charge >= 0.3 is 0 Å². The van der Waals surface area contributed by atoms with Crippen LogP contribution in [0.25, 0.3) is 5.65 Å². The maximum absolute atomic E-state index is 12.8. The fraction of sp³-hybridized carbons (Fsp3) is 0.417. The van der Waals surface area contributed by atoms with E-state index in [4.69, 9.17) is 21.3 Å². The van der Waals surface area contributed by atoms with Crippen molar-refractivity contribution in [3.8, 4) is 0 Å². The highest BCUT2D eigenvalue weighted by Gasteiger charge is 2.17. The van der Waals surface area contributed by atoms with Crippen molar-refractivity contribution in [1.82, 2.24) is 19.6 Å². The number of ether oxygens (including phenoxy) is 1. The summed E-state index contributed by atoms with van der Waals surface area (Å²) in [7, 11) is 2.05. The minimum absolute atomic E-state index is 0.0711. The summed E-state index contributed by atoms with van der Waals surface area (Å²) in [5.41, 5.74) is 3.63. The molecule has 1 aromatic carbocycles. The number of imidazole rings is 1. The number of aromatic nitrogens is 2. The van der Waals surface area contributed by atoms with Crippen LogP contribution in [-0.4, -0.2) is 66.6 Å². The standard InChI is InChI=1S/C24H30ClN5O2/c1-3-21-24(28(2)16-18-4-7-20(25)8-5-18)30-17-19(6-9-22(30)27-21)23(31)26-10-11-29-12-14-32-15-13-29/h4-9,17H,3,10-16H2,1-2H3,(H,26,31). The number of nitrogens with one attached hydrogen (secondary N) is 1. The average molecular weight is 456 g/mol. The van der Waals surface area contributed by atoms with Crippen LogP contribution in [0.5, 0.6) is 0 Å². The van der Waals surface area contributed by atoms with Crippen LogP contribution < -0.4 is 10.2 Å². The third-order valence-electron chi connectivity index (χ3n) is 5.77. The van der Waals surface area contributed by atoms with Gasteiger partial charge in [-0.2, -0.15) is 0 Å². The predicted octanol–water partition coefficient (Wildman–Crippen LogP) is 3.25. The Kier molecular flexibility index (Phi) is 7.29. The number of benzene rings is 1. The number of morpholine rings is 1. The first-order valence-corrected chi connectivity index (χ1v) is 11.5. The Labute approximate surface area is 193 Å². The molecule has 0 saturated carbocycles. The maximum atomic E-state index is 12.8. The Balaban J connectivity index is 1.50. The van der Waals surface area contributed by atoms with E-state index in [0.717, 1.165) is 67.0 Å². The Bertz CT molecular complexity index is 1060. The lowest BCUT2D eigenvalue weighted by molar-refractivity contribution is 0.0383. The molecule has 0 atom stereocenters. The fourth-order valence-corrected chi connectivity index (χ4v) is 4.18. The average Bonchev–Trinajstić information content (AvgIpc) is 3.19. The zero-order valence-electron chi connectivity index (χ0n) is 18.7. The van der Waals surface area contributed by atoms with E-state index in [9.17, 15) is 4.79 Å². The third kappa shape index (κ3) is 5.23. The van der Waals surface area contributed by atoms with Crippen LogP contribution in [0.15, 0.2) is 42.6 Å². The Morgan fingerprint density at radius 1 is 1.19 bits per heavy atom. The van der Waals surface area contributed by atoms with Crippen LogP contribution >= 0.6 is 11.6 Å². The summed E-state index contributed by atoms with van der Waals surface area (Å²) in [6, 6.07) is 11.6. The molecule has 0 unspecified atom stereocenters. The van der Waals surface area contributed by atoms with E-state index in [2.05, 4.69) is 22.0 Å². The minimum atomic E-state index is -0.0711. The summed E-state index contributed by atoms with van der Waals surface area (Å²) in [5, 5.41) is 3.77. The predicted molar refractivity (Wildman–Crippen MR) is 128 cm³/mol. The number of carbonyl (C=O) groups is 1. The van der Waals surface area contributed by atoms with Crippen LogP contribution in [0.1, 0.15) is 28.5 Å². The molecule has 1 N–H and O–H groups in total. The van der Waals surface area contributed by atoms with Crippen molar-refractivity contribution in [2.75, 3.05) is 51.3 Å². The molecule has 3 heterocycles. The molecule has 2 aromatic heterocycles. The number of fused-ring (bicyclic) bond motifs is 1. The van der Waals surface area contributed by atoms with Gasteiger partial charge in [0.2, 0.25) is 0 Å². The summed E-state index contributed by atoms with van der Waals surface area (Å²) in [6.45, 7) is 7.62. The lowest BCUT2D eigenvalue weighted by Crippen LogP contribution is -2.41. The van der Waals surface area contributed by atoms with Gasteiger partial charge < -0.3 is 15.0 Å². The number of nitrogens with zero attached hydrogens (tertiary/aromatic N) is 4. The van der Waals surface area contributed by atoms with Crippen LogP contribution in [-0.2, 0) is 17.7 Å². The topological polar surface area (TPSA) is 62.1 Å². The highest BCUT2D eigenvalue weighted by atomic mass is 35.5. The van der Waals surface area contributed by atoms with Gasteiger partial charge in [-0.15, -0.1) is 0 Å². The van der Waals surface area contributed by atoms with Crippen molar-refractivity contribution in [2.24, 2.45) is 0 Å². The molecule has 0 aliphatic carbocycles. The largest absolute Gasteiger partial charge is 0.379 e. The van der Waals surface area contributed by atoms with Crippen molar-refractivity contribution in [3.05, 3.63) is 64.4 Å². The van der Waals surface area contributed by atoms with Gasteiger partial charge in [0.15, 0.2) is 0 Å². The van der Waals surface area contributed by atoms with Crippen LogP contribution in [0.2, 0.25) is 5.02 Å². The third-order valence-corrected chi connectivity index (χ3v) is 6.02. The quantitative estimate of drug-likeness (QED) is 0.565. The Hall–Kier alpha value is -2.61. The van der Waals surface area contributed by atoms with Crippen molar-refractivity contribution in [2.45, 2.75) is 19.9 Å². The monoisotopic (exact) mass is 455 g/mol. The second-order valence-electron chi connectivity index (χ2n) is 8.07. The molecule has 0 bridgehead atoms. The number of hydrogen-bond acceptors (Lipinski definition) is 5. The lowest BCUT2D eigenvalue weighted by Gasteiger charge is -2.26. The van der Waals surface area contributed by atoms with Crippen molar-refractivity contribution in [1.29, 1.82) is 0 Å². The van der Waals surface area contributed by atoms with Gasteiger partial charge in [-0.3, -0.25) is 14.1 Å². The Morgan fingerprint density at radius 3 is 2.66 bits per heavy atom. The SMILES string of the molecule is CCc1nc2ccc(C(=O)NCCN3CCOCC3)cn2c1N(C)Cc1ccc(Cl)cc1. The van der Waals surface area contributed by atoms with Gasteiger partial charge in [-0.25, -0.2) is 4.98 Å². The summed E-state index contributed by atoms with van der Waals surface area (Å²) in [5.74, 6) is 0.929. The van der Waals surface area contributed by atoms with E-state index in [-0.39, 0.29) is 5.91 Å². The molecule has 0 spiro atoms. The molecular formula is C24H30ClN5O2. The molecular weight excluding hydrogens is 426 g/mol. The Morgan fingerprint density at radius 2 is 1.94 bits per heavy atom. The second-order valence-corrected chi connectivity index (χ2v) is 8.51. The van der Waals surface area contributed by atoms with Crippen LogP contribution in [0, 0.1) is 0 Å². The maximum Gasteiger partial charge on any atom is 0.252 e. The van der Waals surface area contributed by atoms with E-state index >= 15 is 0 Å². The molecule has 8 heteroatoms. The van der Waals surface area contributed by atoms with Gasteiger partial charge in [0.05, 0.1) is 24.5 Å². The minimum Gasteiger partial charge on any atom is -0.379 e. The molecule has 170 valence electrons. The zero-order valence-corrected chi connectivity index (χ0v) is 19.4. The number of anilines is 1. The number of aryl methyl sites for hydroxylation is 1. The first kappa shape index (κ1) is 22.6. The molecule has 1 fully saturated rings. The first-order chi connectivity index (χ1) is 15.5. The van der Waals surface area contributed by atoms with Crippen LogP contribution in [0.3, 0.4) is 0 Å². The van der Waals surface area contributed by atoms with Crippen molar-refractivity contribution < 1.29 is 9.53 Å². The van der Waals surface area contributed by atoms with Crippen molar-refractivity contribution in [3.63, 3.8) is 0 Å². The van der Waals surface area contributed by atoms with Gasteiger partial charge in [-0.1, -0.05) is 30.7 Å². The van der Waals surface area contributed by atoms with Crippen molar-refractivity contribution >= 4 is 29.0 Å². The molecule has 32 heavy (non-hydrogen) atoms. The molecule has 7 nitrogen and oxygen atoms in total. The number of halogens is 1. The molecule has 1 amide bonds. The van der Waals surface area contributed by atoms with Gasteiger partial charge in [0, 0.05) is 51.0 Å². The molecule has 1 saturated heterocycles. The normalized spacial score (nSPS) is 14.6. The molecule has 1 aliphatic heterocycles. The molecule has 1 aliphatic rings. The van der Waals surface area contributed by atoms with E-state index < -0.39 is 0 Å². The zero-order chi connectivity index (χ0) is 22.5. The number of pyridine rings is 1. The number of carbonyl (C=O) groups excluding carboxylic acids is 1. The second kappa shape index (κ2) is 10.3. The molecule has 0 radical (unpaired) electrons. The summed E-state index contributed by atoms with van der Waals surface area (Å²) in [6.07, 6.45) is 2.70. The lowest BCUT2D eigenvalue weighted by atomic mass is 10.2. The summed E-state index contributed by atoms with van der Waals surface area (Å²) < 4.78 is 7.39. The van der Waals surface area contributed by atoms with E-state index in [1.54, 1.807) is 0 Å². The first-order valence-electron chi connectivity index (χ1n) is 11.1. The van der Waals surface area contributed by atoms with E-state index in [1.165, 1.54) is 0 Å². The van der Waals surface area contributed by atoms with Crippen LogP contribution in [0.4, 0.5) is 5.82 Å². The summed E-state index contributed by atoms with van der Waals surface area (Å²) in [4.78, 5) is 22.1. The van der Waals surface area contributed by atoms with E-state index in [0.29, 0.717) is 18.7 Å².